The molecule has 3 heteroatoms. The lowest BCUT2D eigenvalue weighted by molar-refractivity contribution is -0.255. The van der Waals surface area contributed by atoms with Gasteiger partial charge in [0.05, 0.1) is 5.56 Å². The van der Waals surface area contributed by atoms with Gasteiger partial charge in [0.1, 0.15) is 0 Å². The van der Waals surface area contributed by atoms with E-state index in [2.05, 4.69) is 5.73 Å². The van der Waals surface area contributed by atoms with Crippen LogP contribution in [0.1, 0.15) is 10.4 Å². The molecule has 2 nitrogen and oxygen atoms in total. The number of hydrogen-bond donors (Lipinski definition) is 1. The third-order valence-corrected chi connectivity index (χ3v) is 2.67. The Labute approximate surface area is 73.6 Å². The molecule has 0 spiro atoms. The zero-order valence-corrected chi connectivity index (χ0v) is 7.23. The molecule has 0 saturated carbocycles. The Bertz CT molecular complexity index is 433. The van der Waals surface area contributed by atoms with Crippen molar-refractivity contribution < 1.29 is 10.5 Å². The van der Waals surface area contributed by atoms with Crippen LogP contribution in [-0.4, -0.2) is 5.91 Å². The van der Waals surface area contributed by atoms with Crippen LogP contribution in [0.2, 0.25) is 0 Å². The van der Waals surface area contributed by atoms with E-state index in [0.29, 0.717) is 5.56 Å². The van der Waals surface area contributed by atoms with Crippen LogP contribution >= 0.6 is 11.3 Å². The monoisotopic (exact) mass is 178 g/mol. The van der Waals surface area contributed by atoms with Crippen LogP contribution in [0.25, 0.3) is 10.1 Å². The molecular weight excluding hydrogens is 170 g/mol. The molecular formula is C9H8NOS+. The number of fused-ring (bicyclic) bond motifs is 1. The maximum atomic E-state index is 10.9. The highest BCUT2D eigenvalue weighted by Crippen LogP contribution is 2.21. The van der Waals surface area contributed by atoms with Gasteiger partial charge < -0.3 is 0 Å². The summed E-state index contributed by atoms with van der Waals surface area (Å²) in [5, 5.41) is 3.14. The van der Waals surface area contributed by atoms with Gasteiger partial charge in [0, 0.05) is 4.70 Å². The average molecular weight is 178 g/mol. The molecule has 2 rings (SSSR count). The number of quaternary nitrogens is 1. The normalized spacial score (nSPS) is 10.4. The molecule has 0 unspecified atom stereocenters. The fraction of sp³-hybridized carbons (Fsp3) is 0. The third kappa shape index (κ3) is 1.13. The van der Waals surface area contributed by atoms with E-state index in [-0.39, 0.29) is 5.91 Å². The van der Waals surface area contributed by atoms with Crippen molar-refractivity contribution in [2.24, 2.45) is 0 Å². The van der Waals surface area contributed by atoms with Crippen molar-refractivity contribution in [3.8, 4) is 0 Å². The number of rotatable bonds is 1. The summed E-state index contributed by atoms with van der Waals surface area (Å²) >= 11 is 1.68. The molecule has 12 heavy (non-hydrogen) atoms. The van der Waals surface area contributed by atoms with Crippen molar-refractivity contribution in [3.63, 3.8) is 0 Å². The summed E-state index contributed by atoms with van der Waals surface area (Å²) in [5.74, 6) is -0.122. The summed E-state index contributed by atoms with van der Waals surface area (Å²) in [6.07, 6.45) is 0. The third-order valence-electron chi connectivity index (χ3n) is 1.77. The summed E-state index contributed by atoms with van der Waals surface area (Å²) in [7, 11) is 0. The predicted molar refractivity (Wildman–Crippen MR) is 49.0 cm³/mol. The van der Waals surface area contributed by atoms with Crippen LogP contribution in [0.15, 0.2) is 29.6 Å². The lowest BCUT2D eigenvalue weighted by atomic mass is 10.1. The number of benzene rings is 1. The quantitative estimate of drug-likeness (QED) is 0.702. The van der Waals surface area contributed by atoms with Gasteiger partial charge in [-0.25, -0.2) is 4.79 Å². The van der Waals surface area contributed by atoms with Gasteiger partial charge in [-0.15, -0.1) is 11.3 Å². The van der Waals surface area contributed by atoms with Crippen LogP contribution in [-0.2, 0) is 0 Å². The van der Waals surface area contributed by atoms with Crippen molar-refractivity contribution >= 4 is 27.3 Å². The minimum absolute atomic E-state index is 0.122. The molecule has 60 valence electrons. The topological polar surface area (TPSA) is 44.7 Å². The molecule has 0 aliphatic rings. The average Bonchev–Trinajstić information content (AvgIpc) is 2.49. The van der Waals surface area contributed by atoms with Crippen LogP contribution < -0.4 is 5.73 Å². The lowest BCUT2D eigenvalue weighted by Crippen LogP contribution is -2.56. The van der Waals surface area contributed by atoms with Crippen molar-refractivity contribution in [2.45, 2.75) is 0 Å². The molecule has 0 saturated heterocycles. The maximum absolute atomic E-state index is 10.9. The molecule has 0 bridgehead atoms. The zero-order valence-electron chi connectivity index (χ0n) is 6.41. The first-order valence-electron chi connectivity index (χ1n) is 3.61. The number of carbonyl (C=O) groups is 1. The van der Waals surface area contributed by atoms with Gasteiger partial charge in [0.15, 0.2) is 0 Å². The first-order chi connectivity index (χ1) is 5.77. The highest BCUT2D eigenvalue weighted by Gasteiger charge is 2.04. The standard InChI is InChI=1S/C9H7NOS/c10-9(11)7-1-2-8-6(5-7)3-4-12-8/h1-5H,(H2,10,11)/p+1. The van der Waals surface area contributed by atoms with Crippen LogP contribution in [0.3, 0.4) is 0 Å². The van der Waals surface area contributed by atoms with E-state index in [1.165, 1.54) is 4.70 Å². The van der Waals surface area contributed by atoms with Crippen molar-refractivity contribution in [3.05, 3.63) is 35.2 Å². The van der Waals surface area contributed by atoms with Crippen molar-refractivity contribution in [1.82, 2.24) is 0 Å². The van der Waals surface area contributed by atoms with E-state index in [0.717, 1.165) is 5.39 Å². The molecule has 2 aromatic rings. The first kappa shape index (κ1) is 7.46. The molecule has 1 heterocycles. The highest BCUT2D eigenvalue weighted by molar-refractivity contribution is 7.17. The molecule has 1 aromatic heterocycles. The van der Waals surface area contributed by atoms with E-state index in [1.807, 2.05) is 29.6 Å². The van der Waals surface area contributed by atoms with Gasteiger partial charge in [0.2, 0.25) is 0 Å². The lowest BCUT2D eigenvalue weighted by Gasteiger charge is -1.91. The molecule has 3 N–H and O–H groups in total. The molecule has 0 aliphatic carbocycles. The van der Waals surface area contributed by atoms with Gasteiger partial charge >= 0.3 is 5.91 Å². The Hall–Kier alpha value is -1.19. The van der Waals surface area contributed by atoms with Crippen LogP contribution in [0.4, 0.5) is 0 Å². The molecule has 0 atom stereocenters. The largest absolute Gasteiger partial charge is 0.341 e. The summed E-state index contributed by atoms with van der Waals surface area (Å²) < 4.78 is 1.21. The Morgan fingerprint density at radius 2 is 2.17 bits per heavy atom. The molecule has 1 aromatic carbocycles. The zero-order chi connectivity index (χ0) is 8.55. The molecule has 0 radical (unpaired) electrons. The smallest absolute Gasteiger partial charge is 0.290 e. The summed E-state index contributed by atoms with van der Waals surface area (Å²) in [4.78, 5) is 10.9. The summed E-state index contributed by atoms with van der Waals surface area (Å²) in [5.41, 5.74) is 4.05. The van der Waals surface area contributed by atoms with E-state index >= 15 is 0 Å². The van der Waals surface area contributed by atoms with Crippen molar-refractivity contribution in [1.29, 1.82) is 0 Å². The fourth-order valence-corrected chi connectivity index (χ4v) is 1.91. The second-order valence-corrected chi connectivity index (χ2v) is 3.54. The van der Waals surface area contributed by atoms with E-state index in [4.69, 9.17) is 0 Å². The van der Waals surface area contributed by atoms with Crippen LogP contribution in [0.5, 0.6) is 0 Å². The minimum atomic E-state index is -0.122. The fourth-order valence-electron chi connectivity index (χ4n) is 1.14. The highest BCUT2D eigenvalue weighted by atomic mass is 32.1. The second kappa shape index (κ2) is 2.69. The van der Waals surface area contributed by atoms with Gasteiger partial charge in [0.25, 0.3) is 0 Å². The van der Waals surface area contributed by atoms with Gasteiger partial charge in [-0.2, -0.15) is 0 Å². The van der Waals surface area contributed by atoms with Crippen LogP contribution in [0, 0.1) is 0 Å². The number of thiophene rings is 1. The Morgan fingerprint density at radius 3 is 2.92 bits per heavy atom. The number of carbonyl (C=O) groups excluding carboxylic acids is 1. The Kier molecular flexibility index (Phi) is 1.67. The van der Waals surface area contributed by atoms with E-state index < -0.39 is 0 Å². The van der Waals surface area contributed by atoms with Gasteiger partial charge in [-0.3, -0.25) is 5.73 Å². The SMILES string of the molecule is [NH3+]C(=O)c1ccc2sccc2c1. The maximum Gasteiger partial charge on any atom is 0.341 e. The van der Waals surface area contributed by atoms with Gasteiger partial charge in [-0.1, -0.05) is 0 Å². The molecule has 1 amide bonds. The van der Waals surface area contributed by atoms with Gasteiger partial charge in [-0.05, 0) is 35.0 Å². The summed E-state index contributed by atoms with van der Waals surface area (Å²) in [6, 6.07) is 7.65. The Balaban J connectivity index is 2.68. The number of hydrogen-bond acceptors (Lipinski definition) is 2. The Morgan fingerprint density at radius 1 is 1.33 bits per heavy atom. The molecule has 0 fully saturated rings. The first-order valence-corrected chi connectivity index (χ1v) is 4.49. The van der Waals surface area contributed by atoms with E-state index in [1.54, 1.807) is 11.3 Å². The number of amides is 1. The minimum Gasteiger partial charge on any atom is -0.290 e. The predicted octanol–water partition coefficient (Wildman–Crippen LogP) is 1.28. The molecule has 0 aliphatic heterocycles. The van der Waals surface area contributed by atoms with Crippen molar-refractivity contribution in [2.75, 3.05) is 0 Å². The van der Waals surface area contributed by atoms with E-state index in [9.17, 15) is 4.79 Å². The summed E-state index contributed by atoms with van der Waals surface area (Å²) in [6.45, 7) is 0. The second-order valence-electron chi connectivity index (χ2n) is 2.60.